The van der Waals surface area contributed by atoms with Crippen molar-refractivity contribution in [2.24, 2.45) is 0 Å². The lowest BCUT2D eigenvalue weighted by atomic mass is 10.2. The van der Waals surface area contributed by atoms with Crippen LogP contribution in [0.2, 0.25) is 5.02 Å². The monoisotopic (exact) mass is 383 g/mol. The first-order valence-electron chi connectivity index (χ1n) is 8.53. The van der Waals surface area contributed by atoms with Crippen molar-refractivity contribution in [3.05, 3.63) is 23.2 Å². The number of hydrogen-bond donors (Lipinski definition) is 1. The van der Waals surface area contributed by atoms with E-state index in [1.54, 1.807) is 35.1 Å². The SMILES string of the molecule is COc1ccc(Cl)c(NCC(=O)N2CCN(C(=O)OC(C)(C)C)CC2)c1. The highest BCUT2D eigenvalue weighted by molar-refractivity contribution is 6.33. The number of rotatable bonds is 4. The number of benzene rings is 1. The van der Waals surface area contributed by atoms with E-state index in [1.807, 2.05) is 20.8 Å². The number of methoxy groups -OCH3 is 1. The quantitative estimate of drug-likeness (QED) is 0.865. The molecule has 0 unspecified atom stereocenters. The molecule has 0 atom stereocenters. The standard InChI is InChI=1S/C18H26ClN3O4/c1-18(2,3)26-17(24)22-9-7-21(8-10-22)16(23)12-20-15-11-13(25-4)5-6-14(15)19/h5-6,11,20H,7-10,12H2,1-4H3. The molecule has 0 saturated carbocycles. The molecule has 0 radical (unpaired) electrons. The number of anilines is 1. The van der Waals surface area contributed by atoms with Crippen LogP contribution in [0.1, 0.15) is 20.8 Å². The van der Waals surface area contributed by atoms with Crippen LogP contribution in [-0.2, 0) is 9.53 Å². The molecule has 1 saturated heterocycles. The fraction of sp³-hybridized carbons (Fsp3) is 0.556. The van der Waals surface area contributed by atoms with Gasteiger partial charge in [-0.1, -0.05) is 11.6 Å². The minimum absolute atomic E-state index is 0.0484. The number of piperazine rings is 1. The van der Waals surface area contributed by atoms with Crippen LogP contribution in [0.5, 0.6) is 5.75 Å². The fourth-order valence-electron chi connectivity index (χ4n) is 2.51. The van der Waals surface area contributed by atoms with Crippen LogP contribution in [0.15, 0.2) is 18.2 Å². The minimum atomic E-state index is -0.524. The number of hydrogen-bond acceptors (Lipinski definition) is 5. The highest BCUT2D eigenvalue weighted by Crippen LogP contribution is 2.26. The Morgan fingerprint density at radius 2 is 1.77 bits per heavy atom. The van der Waals surface area contributed by atoms with E-state index in [2.05, 4.69) is 5.32 Å². The molecule has 7 nitrogen and oxygen atoms in total. The van der Waals surface area contributed by atoms with E-state index in [1.165, 1.54) is 0 Å². The Labute approximate surface area is 159 Å². The van der Waals surface area contributed by atoms with Crippen LogP contribution < -0.4 is 10.1 Å². The number of ether oxygens (including phenoxy) is 2. The summed E-state index contributed by atoms with van der Waals surface area (Å²) in [5, 5.41) is 3.56. The lowest BCUT2D eigenvalue weighted by Gasteiger charge is -2.35. The van der Waals surface area contributed by atoms with Crippen molar-refractivity contribution in [2.75, 3.05) is 45.2 Å². The molecular formula is C18H26ClN3O4. The lowest BCUT2D eigenvalue weighted by molar-refractivity contribution is -0.131. The largest absolute Gasteiger partial charge is 0.497 e. The molecule has 1 aliphatic heterocycles. The molecule has 1 heterocycles. The second-order valence-corrected chi connectivity index (χ2v) is 7.45. The zero-order valence-electron chi connectivity index (χ0n) is 15.7. The van der Waals surface area contributed by atoms with Gasteiger partial charge in [0.05, 0.1) is 24.4 Å². The molecule has 144 valence electrons. The molecule has 2 rings (SSSR count). The van der Waals surface area contributed by atoms with Gasteiger partial charge in [-0.3, -0.25) is 4.79 Å². The summed E-state index contributed by atoms with van der Waals surface area (Å²) in [7, 11) is 1.57. The zero-order valence-corrected chi connectivity index (χ0v) is 16.4. The molecule has 8 heteroatoms. The molecule has 1 aromatic rings. The summed E-state index contributed by atoms with van der Waals surface area (Å²) in [5.74, 6) is 0.614. The third-order valence-corrected chi connectivity index (χ3v) is 4.22. The Hall–Kier alpha value is -2.15. The maximum Gasteiger partial charge on any atom is 0.410 e. The van der Waals surface area contributed by atoms with E-state index in [9.17, 15) is 9.59 Å². The molecule has 26 heavy (non-hydrogen) atoms. The number of amides is 2. The van der Waals surface area contributed by atoms with E-state index in [4.69, 9.17) is 21.1 Å². The van der Waals surface area contributed by atoms with Crippen LogP contribution in [-0.4, -0.2) is 67.2 Å². The first-order chi connectivity index (χ1) is 12.2. The van der Waals surface area contributed by atoms with Crippen molar-refractivity contribution in [1.29, 1.82) is 0 Å². The maximum atomic E-state index is 12.4. The number of halogens is 1. The van der Waals surface area contributed by atoms with Gasteiger partial charge in [0, 0.05) is 32.2 Å². The summed E-state index contributed by atoms with van der Waals surface area (Å²) < 4.78 is 10.5. The first-order valence-corrected chi connectivity index (χ1v) is 8.90. The smallest absolute Gasteiger partial charge is 0.410 e. The Balaban J connectivity index is 1.82. The second kappa shape index (κ2) is 8.49. The van der Waals surface area contributed by atoms with E-state index in [0.29, 0.717) is 42.6 Å². The van der Waals surface area contributed by atoms with Gasteiger partial charge in [0.15, 0.2) is 0 Å². The van der Waals surface area contributed by atoms with Crippen LogP contribution in [0.25, 0.3) is 0 Å². The van der Waals surface area contributed by atoms with Gasteiger partial charge in [-0.2, -0.15) is 0 Å². The van der Waals surface area contributed by atoms with Gasteiger partial charge in [-0.05, 0) is 32.9 Å². The average Bonchev–Trinajstić information content (AvgIpc) is 2.59. The van der Waals surface area contributed by atoms with Crippen molar-refractivity contribution in [3.63, 3.8) is 0 Å². The third-order valence-electron chi connectivity index (χ3n) is 3.89. The number of carbonyl (C=O) groups excluding carboxylic acids is 2. The maximum absolute atomic E-state index is 12.4. The zero-order chi connectivity index (χ0) is 19.3. The third kappa shape index (κ3) is 5.69. The number of nitrogens with one attached hydrogen (secondary N) is 1. The molecule has 1 aliphatic rings. The van der Waals surface area contributed by atoms with E-state index < -0.39 is 5.60 Å². The summed E-state index contributed by atoms with van der Waals surface area (Å²) in [5.41, 5.74) is 0.121. The van der Waals surface area contributed by atoms with Crippen LogP contribution in [0, 0.1) is 0 Å². The van der Waals surface area contributed by atoms with Gasteiger partial charge >= 0.3 is 6.09 Å². The van der Waals surface area contributed by atoms with E-state index in [0.717, 1.165) is 0 Å². The average molecular weight is 384 g/mol. The van der Waals surface area contributed by atoms with E-state index >= 15 is 0 Å². The van der Waals surface area contributed by atoms with E-state index in [-0.39, 0.29) is 18.5 Å². The Bertz CT molecular complexity index is 652. The van der Waals surface area contributed by atoms with Gasteiger partial charge in [-0.25, -0.2) is 4.79 Å². The normalized spacial score (nSPS) is 14.8. The molecule has 0 bridgehead atoms. The van der Waals surface area contributed by atoms with Gasteiger partial charge in [0.1, 0.15) is 11.4 Å². The van der Waals surface area contributed by atoms with Crippen molar-refractivity contribution < 1.29 is 19.1 Å². The minimum Gasteiger partial charge on any atom is -0.497 e. The predicted octanol–water partition coefficient (Wildman–Crippen LogP) is 2.84. The highest BCUT2D eigenvalue weighted by Gasteiger charge is 2.27. The van der Waals surface area contributed by atoms with Crippen molar-refractivity contribution >= 4 is 29.3 Å². The second-order valence-electron chi connectivity index (χ2n) is 7.05. The first kappa shape index (κ1) is 20.2. The Morgan fingerprint density at radius 3 is 2.35 bits per heavy atom. The Kier molecular flexibility index (Phi) is 6.58. The molecule has 1 N–H and O–H groups in total. The van der Waals surface area contributed by atoms with Gasteiger partial charge in [0.2, 0.25) is 5.91 Å². The predicted molar refractivity (Wildman–Crippen MR) is 101 cm³/mol. The topological polar surface area (TPSA) is 71.1 Å². The highest BCUT2D eigenvalue weighted by atomic mass is 35.5. The van der Waals surface area contributed by atoms with Crippen molar-refractivity contribution in [3.8, 4) is 5.75 Å². The molecule has 0 spiro atoms. The molecular weight excluding hydrogens is 358 g/mol. The van der Waals surface area contributed by atoms with Gasteiger partial charge < -0.3 is 24.6 Å². The van der Waals surface area contributed by atoms with Crippen LogP contribution in [0.4, 0.5) is 10.5 Å². The summed E-state index contributed by atoms with van der Waals surface area (Å²) in [6.45, 7) is 7.50. The summed E-state index contributed by atoms with van der Waals surface area (Å²) in [4.78, 5) is 27.8. The van der Waals surface area contributed by atoms with Crippen LogP contribution in [0.3, 0.4) is 0 Å². The van der Waals surface area contributed by atoms with Gasteiger partial charge in [0.25, 0.3) is 0 Å². The molecule has 1 fully saturated rings. The molecule has 2 amide bonds. The number of carbonyl (C=O) groups is 2. The number of nitrogens with zero attached hydrogens (tertiary/aromatic N) is 2. The fourth-order valence-corrected chi connectivity index (χ4v) is 2.70. The van der Waals surface area contributed by atoms with Gasteiger partial charge in [-0.15, -0.1) is 0 Å². The summed E-state index contributed by atoms with van der Waals surface area (Å²) in [6, 6.07) is 5.22. The van der Waals surface area contributed by atoms with Crippen molar-refractivity contribution in [1.82, 2.24) is 9.80 Å². The van der Waals surface area contributed by atoms with Crippen LogP contribution >= 0.6 is 11.6 Å². The summed E-state index contributed by atoms with van der Waals surface area (Å²) in [6.07, 6.45) is -0.342. The molecule has 0 aromatic heterocycles. The molecule has 1 aromatic carbocycles. The Morgan fingerprint density at radius 1 is 1.15 bits per heavy atom. The lowest BCUT2D eigenvalue weighted by Crippen LogP contribution is -2.52. The summed E-state index contributed by atoms with van der Waals surface area (Å²) >= 11 is 6.13. The van der Waals surface area contributed by atoms with Crippen molar-refractivity contribution in [2.45, 2.75) is 26.4 Å². The molecule has 0 aliphatic carbocycles.